The maximum atomic E-state index is 5.26. The van der Waals surface area contributed by atoms with Crippen LogP contribution in [0.2, 0.25) is 0 Å². The van der Waals surface area contributed by atoms with Gasteiger partial charge in [0.15, 0.2) is 0 Å². The van der Waals surface area contributed by atoms with Crippen molar-refractivity contribution in [1.29, 1.82) is 0 Å². The van der Waals surface area contributed by atoms with E-state index in [1.807, 2.05) is 0 Å². The summed E-state index contributed by atoms with van der Waals surface area (Å²) >= 11 is -0.346. The second-order valence-electron chi connectivity index (χ2n) is 11.4. The van der Waals surface area contributed by atoms with Crippen molar-refractivity contribution in [3.05, 3.63) is 5.32 Å². The van der Waals surface area contributed by atoms with E-state index in [9.17, 15) is 0 Å². The maximum absolute atomic E-state index is 5.26. The molecule has 4 rings (SSSR count). The van der Waals surface area contributed by atoms with Crippen LogP contribution in [0.3, 0.4) is 0 Å². The number of hydrogen-bond donors (Lipinski definition) is 0. The summed E-state index contributed by atoms with van der Waals surface area (Å²) in [6.07, 6.45) is 33.8. The molecule has 6 heteroatoms. The van der Waals surface area contributed by atoms with Crippen LogP contribution in [0.5, 0.6) is 0 Å². The van der Waals surface area contributed by atoms with E-state index in [4.69, 9.17) is 24.7 Å². The van der Waals surface area contributed by atoms with Crippen molar-refractivity contribution in [2.45, 2.75) is 151 Å². The van der Waals surface area contributed by atoms with Crippen LogP contribution in [0, 0.1) is 0 Å². The molecule has 4 saturated carbocycles. The van der Waals surface area contributed by atoms with Gasteiger partial charge in [0.2, 0.25) is 0 Å². The summed E-state index contributed by atoms with van der Waals surface area (Å²) in [6.45, 7) is 2.44. The van der Waals surface area contributed by atoms with Gasteiger partial charge in [-0.2, -0.15) is 0 Å². The summed E-state index contributed by atoms with van der Waals surface area (Å²) in [5.41, 5.74) is 4.46. The van der Waals surface area contributed by atoms with Crippen LogP contribution in [-0.4, -0.2) is 48.0 Å². The van der Waals surface area contributed by atoms with Gasteiger partial charge < -0.3 is 5.32 Å². The van der Waals surface area contributed by atoms with Crippen molar-refractivity contribution in [2.75, 3.05) is 25.4 Å². The number of rotatable bonds is 10. The van der Waals surface area contributed by atoms with E-state index in [2.05, 4.69) is 0 Å². The topological polar surface area (TPSA) is 14.1 Å². The summed E-state index contributed by atoms with van der Waals surface area (Å²) in [4.78, 5) is 0. The Hall–Kier alpha value is 2.02. The van der Waals surface area contributed by atoms with Gasteiger partial charge in [0.05, 0.1) is 0 Å². The Kier molecular flexibility index (Phi) is 17.2. The number of hydrogen-bond acceptors (Lipinski definition) is 0. The van der Waals surface area contributed by atoms with E-state index in [1.165, 1.54) is 102 Å². The standard InChI is InChI=1S/C28H52NP2.2ClH.Ru/c1-5-13-25(14-6-1)30(26-15-7-2-8-16-26)23-21-29-22-24-31(27-17-9-3-10-18-27)28-19-11-4-12-20-28;;;/h25-28H,1-24H2;2*1H;/q-1;;;+2/p-2. The Morgan fingerprint density at radius 2 is 0.706 bits per heavy atom. The molecule has 0 aliphatic heterocycles. The monoisotopic (exact) mass is 636 g/mol. The summed E-state index contributed by atoms with van der Waals surface area (Å²) in [5, 5.41) is 5.26. The van der Waals surface area contributed by atoms with Crippen LogP contribution in [-0.2, 0) is 15.1 Å². The van der Waals surface area contributed by atoms with Gasteiger partial charge >= 0.3 is 34.5 Å². The molecule has 0 unspecified atom stereocenters. The average molecular weight is 637 g/mol. The zero-order valence-electron chi connectivity index (χ0n) is 21.7. The van der Waals surface area contributed by atoms with Gasteiger partial charge in [0, 0.05) is 0 Å². The van der Waals surface area contributed by atoms with Crippen molar-refractivity contribution in [1.82, 2.24) is 0 Å². The van der Waals surface area contributed by atoms with E-state index in [-0.39, 0.29) is 31.0 Å². The molecule has 0 N–H and O–H groups in total. The molecule has 0 aromatic carbocycles. The van der Waals surface area contributed by atoms with Crippen LogP contribution in [0.4, 0.5) is 0 Å². The van der Waals surface area contributed by atoms with Crippen LogP contribution in [0.25, 0.3) is 5.32 Å². The summed E-state index contributed by atoms with van der Waals surface area (Å²) < 4.78 is 0. The molecule has 34 heavy (non-hydrogen) atoms. The number of nitrogens with zero attached hydrogens (tertiary/aromatic N) is 1. The van der Waals surface area contributed by atoms with Crippen LogP contribution >= 0.6 is 35.2 Å². The molecule has 4 aliphatic rings. The molecule has 4 aliphatic carbocycles. The Morgan fingerprint density at radius 1 is 0.471 bits per heavy atom. The summed E-state index contributed by atoms with van der Waals surface area (Å²) in [5.74, 6) is 0. The zero-order valence-corrected chi connectivity index (χ0v) is 26.8. The van der Waals surface area contributed by atoms with Gasteiger partial charge in [-0.3, -0.25) is 0 Å². The van der Waals surface area contributed by atoms with Gasteiger partial charge in [-0.05, 0) is 74.0 Å². The second-order valence-corrected chi connectivity index (χ2v) is 19.9. The third kappa shape index (κ3) is 11.0. The second kappa shape index (κ2) is 19.1. The van der Waals surface area contributed by atoms with E-state index < -0.39 is 0 Å². The van der Waals surface area contributed by atoms with Crippen molar-refractivity contribution in [3.8, 4) is 0 Å². The molecule has 0 heterocycles. The van der Waals surface area contributed by atoms with Crippen molar-refractivity contribution < 1.29 is 15.1 Å². The van der Waals surface area contributed by atoms with Crippen LogP contribution in [0.1, 0.15) is 128 Å². The third-order valence-electron chi connectivity index (χ3n) is 9.21. The molecule has 0 aromatic heterocycles. The van der Waals surface area contributed by atoms with Crippen LogP contribution < -0.4 is 0 Å². The minimum atomic E-state index is -0.346. The van der Waals surface area contributed by atoms with E-state index in [0.29, 0.717) is 0 Å². The normalized spacial score (nSPS) is 24.5. The Bertz CT molecular complexity index is 413. The van der Waals surface area contributed by atoms with Crippen molar-refractivity contribution >= 4 is 35.2 Å². The van der Waals surface area contributed by atoms with Gasteiger partial charge in [-0.25, -0.2) is 0 Å². The first-order chi connectivity index (χ1) is 16.8. The fourth-order valence-corrected chi connectivity index (χ4v) is 15.0. The summed E-state index contributed by atoms with van der Waals surface area (Å²) in [7, 11) is 10.2. The molecule has 0 bridgehead atoms. The van der Waals surface area contributed by atoms with Crippen LogP contribution in [0.15, 0.2) is 0 Å². The van der Waals surface area contributed by atoms with E-state index in [1.54, 1.807) is 51.4 Å². The molecule has 202 valence electrons. The third-order valence-corrected chi connectivity index (χ3v) is 16.5. The molecule has 0 spiro atoms. The predicted octanol–water partition coefficient (Wildman–Crippen LogP) is 11.0. The minimum absolute atomic E-state index is 0.258. The Labute approximate surface area is 231 Å². The summed E-state index contributed by atoms with van der Waals surface area (Å²) in [6, 6.07) is 0. The fraction of sp³-hybridized carbons (Fsp3) is 1.00. The SMILES string of the molecule is C1CCC(P(CC[N-]CCP(C2CCCCC2)C2CCCCC2)C2CCCCC2)CC1.[Cl][Ru][Cl]. The predicted molar refractivity (Wildman–Crippen MR) is 156 cm³/mol. The number of halogens is 2. The molecule has 0 amide bonds. The van der Waals surface area contributed by atoms with Gasteiger partial charge in [-0.1, -0.05) is 89.4 Å². The molecule has 0 aromatic rings. The molecule has 0 saturated heterocycles. The molecule has 0 radical (unpaired) electrons. The van der Waals surface area contributed by atoms with E-state index in [0.717, 1.165) is 22.6 Å². The molecular formula is C28H52Cl2NP2Ru-. The Balaban J connectivity index is 0.00000103. The Morgan fingerprint density at radius 3 is 0.941 bits per heavy atom. The first kappa shape index (κ1) is 30.6. The van der Waals surface area contributed by atoms with E-state index >= 15 is 0 Å². The first-order valence-corrected chi connectivity index (χ1v) is 22.6. The molecule has 1 nitrogen and oxygen atoms in total. The van der Waals surface area contributed by atoms with Gasteiger partial charge in [-0.15, -0.1) is 28.9 Å². The molecule has 4 fully saturated rings. The zero-order chi connectivity index (χ0) is 23.8. The fourth-order valence-electron chi connectivity index (χ4n) is 7.46. The molecular weight excluding hydrogens is 584 g/mol. The molecule has 0 atom stereocenters. The average Bonchev–Trinajstić information content (AvgIpc) is 2.91. The quantitative estimate of drug-likeness (QED) is 0.129. The van der Waals surface area contributed by atoms with Crippen molar-refractivity contribution in [2.24, 2.45) is 0 Å². The van der Waals surface area contributed by atoms with Gasteiger partial charge in [0.25, 0.3) is 0 Å². The van der Waals surface area contributed by atoms with Crippen molar-refractivity contribution in [3.63, 3.8) is 0 Å². The first-order valence-electron chi connectivity index (χ1n) is 14.8. The van der Waals surface area contributed by atoms with Gasteiger partial charge in [0.1, 0.15) is 0 Å².